The molecule has 0 bridgehead atoms. The lowest BCUT2D eigenvalue weighted by atomic mass is 9.78. The summed E-state index contributed by atoms with van der Waals surface area (Å²) in [5, 5.41) is 13.4. The summed E-state index contributed by atoms with van der Waals surface area (Å²) in [4.78, 5) is 28.6. The van der Waals surface area contributed by atoms with Gasteiger partial charge in [-0.15, -0.1) is 10.2 Å². The van der Waals surface area contributed by atoms with Crippen molar-refractivity contribution in [1.29, 1.82) is 0 Å². The monoisotopic (exact) mass is 405 g/mol. The van der Waals surface area contributed by atoms with Crippen molar-refractivity contribution in [3.63, 3.8) is 0 Å². The molecule has 28 heavy (non-hydrogen) atoms. The zero-order valence-electron chi connectivity index (χ0n) is 16.9. The average Bonchev–Trinajstić information content (AvgIpc) is 3.34. The van der Waals surface area contributed by atoms with Crippen molar-refractivity contribution < 1.29 is 9.59 Å². The zero-order valence-corrected chi connectivity index (χ0v) is 17.7. The molecule has 3 atom stereocenters. The summed E-state index contributed by atoms with van der Waals surface area (Å²) in [7, 11) is 0. The summed E-state index contributed by atoms with van der Waals surface area (Å²) in [6, 6.07) is 0.331. The van der Waals surface area contributed by atoms with Crippen molar-refractivity contribution >= 4 is 33.4 Å². The van der Waals surface area contributed by atoms with Gasteiger partial charge in [0, 0.05) is 38.0 Å². The summed E-state index contributed by atoms with van der Waals surface area (Å²) in [5.74, 6) is 1.71. The van der Waals surface area contributed by atoms with E-state index in [-0.39, 0.29) is 17.7 Å². The molecule has 2 amide bonds. The Kier molecular flexibility index (Phi) is 5.85. The SMILES string of the molecule is C[C@H]1[C@H](C)CCC[C@H]1NC(=O)C1CCN(c2nnc(N3CCCC3=O)s2)CC1. The van der Waals surface area contributed by atoms with Crippen molar-refractivity contribution in [3.8, 4) is 0 Å². The highest BCUT2D eigenvalue weighted by atomic mass is 32.1. The molecule has 2 saturated heterocycles. The first-order valence-electron chi connectivity index (χ1n) is 10.7. The maximum Gasteiger partial charge on any atom is 0.228 e. The first kappa shape index (κ1) is 19.6. The topological polar surface area (TPSA) is 78.4 Å². The number of carbonyl (C=O) groups is 2. The fourth-order valence-corrected chi connectivity index (χ4v) is 5.66. The fourth-order valence-electron chi connectivity index (χ4n) is 4.71. The van der Waals surface area contributed by atoms with Crippen molar-refractivity contribution in [2.45, 2.75) is 64.8 Å². The lowest BCUT2D eigenvalue weighted by Gasteiger charge is -2.36. The van der Waals surface area contributed by atoms with Gasteiger partial charge < -0.3 is 10.2 Å². The second-order valence-corrected chi connectivity index (χ2v) is 9.59. The van der Waals surface area contributed by atoms with Crippen molar-refractivity contribution in [3.05, 3.63) is 0 Å². The third kappa shape index (κ3) is 4.02. The molecule has 1 aromatic rings. The number of amides is 2. The number of nitrogens with one attached hydrogen (secondary N) is 1. The second kappa shape index (κ2) is 8.35. The van der Waals surface area contributed by atoms with Crippen LogP contribution in [0.25, 0.3) is 0 Å². The molecule has 4 rings (SSSR count). The van der Waals surface area contributed by atoms with E-state index in [1.807, 2.05) is 0 Å². The molecule has 154 valence electrons. The highest BCUT2D eigenvalue weighted by Crippen LogP contribution is 2.33. The standard InChI is InChI=1S/C20H31N5O2S/c1-13-5-3-6-16(14(13)2)21-18(27)15-8-11-24(12-9-15)19-22-23-20(28-19)25-10-4-7-17(25)26/h13-16H,3-12H2,1-2H3,(H,21,27)/t13-,14+,16-/m1/s1. The van der Waals surface area contributed by atoms with E-state index < -0.39 is 0 Å². The number of rotatable bonds is 4. The maximum absolute atomic E-state index is 12.8. The number of piperidine rings is 1. The summed E-state index contributed by atoms with van der Waals surface area (Å²) in [6.07, 6.45) is 6.80. The van der Waals surface area contributed by atoms with Crippen LogP contribution in [0.5, 0.6) is 0 Å². The van der Waals surface area contributed by atoms with Crippen LogP contribution in [0.2, 0.25) is 0 Å². The minimum absolute atomic E-state index is 0.0910. The second-order valence-electron chi connectivity index (χ2n) is 8.66. The van der Waals surface area contributed by atoms with Crippen LogP contribution in [0.1, 0.15) is 58.8 Å². The minimum Gasteiger partial charge on any atom is -0.353 e. The molecular formula is C20H31N5O2S. The van der Waals surface area contributed by atoms with Gasteiger partial charge in [0.05, 0.1) is 0 Å². The van der Waals surface area contributed by atoms with Gasteiger partial charge in [0.1, 0.15) is 0 Å². The van der Waals surface area contributed by atoms with Gasteiger partial charge in [-0.3, -0.25) is 14.5 Å². The molecule has 0 unspecified atom stereocenters. The lowest BCUT2D eigenvalue weighted by molar-refractivity contribution is -0.127. The largest absolute Gasteiger partial charge is 0.353 e. The number of nitrogens with zero attached hydrogens (tertiary/aromatic N) is 4. The van der Waals surface area contributed by atoms with Gasteiger partial charge in [0.15, 0.2) is 0 Å². The number of hydrogen-bond acceptors (Lipinski definition) is 6. The van der Waals surface area contributed by atoms with Crippen LogP contribution in [0.15, 0.2) is 0 Å². The summed E-state index contributed by atoms with van der Waals surface area (Å²) < 4.78 is 0. The van der Waals surface area contributed by atoms with Gasteiger partial charge in [-0.05, 0) is 37.5 Å². The third-order valence-corrected chi connectivity index (χ3v) is 7.89. The Hall–Kier alpha value is -1.70. The maximum atomic E-state index is 12.8. The van der Waals surface area contributed by atoms with Crippen LogP contribution < -0.4 is 15.1 Å². The first-order valence-corrected chi connectivity index (χ1v) is 11.5. The van der Waals surface area contributed by atoms with Crippen molar-refractivity contribution in [2.75, 3.05) is 29.4 Å². The molecule has 1 aromatic heterocycles. The summed E-state index contributed by atoms with van der Waals surface area (Å²) in [6.45, 7) is 6.95. The Morgan fingerprint density at radius 2 is 1.79 bits per heavy atom. The average molecular weight is 406 g/mol. The quantitative estimate of drug-likeness (QED) is 0.833. The van der Waals surface area contributed by atoms with Crippen LogP contribution in [0.4, 0.5) is 10.3 Å². The Labute approximate surface area is 170 Å². The Morgan fingerprint density at radius 3 is 2.50 bits per heavy atom. The van der Waals surface area contributed by atoms with E-state index in [1.165, 1.54) is 24.2 Å². The van der Waals surface area contributed by atoms with Crippen molar-refractivity contribution in [1.82, 2.24) is 15.5 Å². The minimum atomic E-state index is 0.0910. The van der Waals surface area contributed by atoms with Gasteiger partial charge in [-0.2, -0.15) is 0 Å². The first-order chi connectivity index (χ1) is 13.5. The lowest BCUT2D eigenvalue weighted by Crippen LogP contribution is -2.48. The summed E-state index contributed by atoms with van der Waals surface area (Å²) in [5.41, 5.74) is 0. The van der Waals surface area contributed by atoms with Crippen LogP contribution in [0, 0.1) is 17.8 Å². The van der Waals surface area contributed by atoms with Gasteiger partial charge in [-0.1, -0.05) is 38.0 Å². The molecule has 2 aliphatic heterocycles. The van der Waals surface area contributed by atoms with E-state index in [4.69, 9.17) is 0 Å². The number of aromatic nitrogens is 2. The predicted molar refractivity (Wildman–Crippen MR) is 111 cm³/mol. The van der Waals surface area contributed by atoms with E-state index in [2.05, 4.69) is 34.3 Å². The molecule has 1 saturated carbocycles. The number of anilines is 2. The zero-order chi connectivity index (χ0) is 19.7. The van der Waals surface area contributed by atoms with Crippen LogP contribution in [-0.4, -0.2) is 47.7 Å². The normalized spacial score (nSPS) is 29.4. The molecular weight excluding hydrogens is 374 g/mol. The number of carbonyl (C=O) groups excluding carboxylic acids is 2. The molecule has 8 heteroatoms. The van der Waals surface area contributed by atoms with E-state index in [1.54, 1.807) is 4.90 Å². The number of hydrogen-bond donors (Lipinski definition) is 1. The third-order valence-electron chi connectivity index (χ3n) is 6.88. The molecule has 3 fully saturated rings. The molecule has 0 spiro atoms. The fraction of sp³-hybridized carbons (Fsp3) is 0.800. The van der Waals surface area contributed by atoms with E-state index in [0.29, 0.717) is 29.4 Å². The van der Waals surface area contributed by atoms with Crippen molar-refractivity contribution in [2.24, 2.45) is 17.8 Å². The molecule has 0 aromatic carbocycles. The van der Waals surface area contributed by atoms with Crippen LogP contribution in [-0.2, 0) is 9.59 Å². The Balaban J connectivity index is 1.29. The molecule has 3 aliphatic rings. The molecule has 3 heterocycles. The van der Waals surface area contributed by atoms with Gasteiger partial charge >= 0.3 is 0 Å². The van der Waals surface area contributed by atoms with Gasteiger partial charge in [-0.25, -0.2) is 0 Å². The highest BCUT2D eigenvalue weighted by molar-refractivity contribution is 7.19. The molecule has 7 nitrogen and oxygen atoms in total. The highest BCUT2D eigenvalue weighted by Gasteiger charge is 2.32. The smallest absolute Gasteiger partial charge is 0.228 e. The Bertz CT molecular complexity index is 715. The van der Waals surface area contributed by atoms with E-state index in [0.717, 1.165) is 50.4 Å². The molecule has 1 N–H and O–H groups in total. The van der Waals surface area contributed by atoms with Gasteiger partial charge in [0.2, 0.25) is 22.1 Å². The predicted octanol–water partition coefficient (Wildman–Crippen LogP) is 2.82. The summed E-state index contributed by atoms with van der Waals surface area (Å²) >= 11 is 1.49. The van der Waals surface area contributed by atoms with Gasteiger partial charge in [0.25, 0.3) is 0 Å². The van der Waals surface area contributed by atoms with E-state index >= 15 is 0 Å². The molecule has 1 aliphatic carbocycles. The van der Waals surface area contributed by atoms with Crippen LogP contribution in [0.3, 0.4) is 0 Å². The van der Waals surface area contributed by atoms with Crippen LogP contribution >= 0.6 is 11.3 Å². The van der Waals surface area contributed by atoms with E-state index in [9.17, 15) is 9.59 Å². The molecule has 0 radical (unpaired) electrons. The Morgan fingerprint density at radius 1 is 1.04 bits per heavy atom.